The second-order valence-corrected chi connectivity index (χ2v) is 7.75. The first-order chi connectivity index (χ1) is 11.7. The molecule has 0 fully saturated rings. The van der Waals surface area contributed by atoms with Gasteiger partial charge in [0, 0.05) is 12.2 Å². The summed E-state index contributed by atoms with van der Waals surface area (Å²) in [5.74, 6) is 0.279. The van der Waals surface area contributed by atoms with Crippen LogP contribution in [0.25, 0.3) is 16.2 Å². The lowest BCUT2D eigenvalue weighted by atomic mass is 10.2. The molecule has 1 aliphatic rings. The maximum Gasteiger partial charge on any atom is 0.263 e. The molecule has 2 atom stereocenters. The number of rotatable bonds is 2. The minimum atomic E-state index is -1.65. The Bertz CT molecular complexity index is 948. The first-order valence-electron chi connectivity index (χ1n) is 7.35. The molecule has 120 valence electrons. The normalized spacial score (nSPS) is 17.3. The molecule has 2 heterocycles. The summed E-state index contributed by atoms with van der Waals surface area (Å²) in [6.07, 6.45) is 3.33. The van der Waals surface area contributed by atoms with E-state index < -0.39 is 22.1 Å². The highest BCUT2D eigenvalue weighted by atomic mass is 32.2. The van der Waals surface area contributed by atoms with E-state index in [-0.39, 0.29) is 5.90 Å². The van der Waals surface area contributed by atoms with Gasteiger partial charge in [0.25, 0.3) is 10.8 Å². The van der Waals surface area contributed by atoms with Crippen molar-refractivity contribution >= 4 is 44.2 Å². The number of benzene rings is 2. The number of thiophene rings is 1. The Morgan fingerprint density at radius 3 is 2.50 bits per heavy atom. The number of nitrogens with zero attached hydrogens (tertiary/aromatic N) is 1. The van der Waals surface area contributed by atoms with E-state index in [9.17, 15) is 9.11 Å². The Labute approximate surface area is 145 Å². The van der Waals surface area contributed by atoms with E-state index in [1.54, 1.807) is 18.2 Å². The van der Waals surface area contributed by atoms with E-state index in [4.69, 9.17) is 4.74 Å². The van der Waals surface area contributed by atoms with Crippen LogP contribution in [0, 0.1) is 0 Å². The Hall–Kier alpha value is -2.12. The second kappa shape index (κ2) is 6.41. The molecule has 4 rings (SSSR count). The minimum absolute atomic E-state index is 0.279. The summed E-state index contributed by atoms with van der Waals surface area (Å²) < 4.78 is 35.7. The Balaban J connectivity index is 1.66. The van der Waals surface area contributed by atoms with Gasteiger partial charge in [-0.25, -0.2) is 0 Å². The van der Waals surface area contributed by atoms with E-state index >= 15 is 0 Å². The van der Waals surface area contributed by atoms with Crippen LogP contribution < -0.4 is 0 Å². The lowest BCUT2D eigenvalue weighted by Crippen LogP contribution is -2.05. The van der Waals surface area contributed by atoms with Gasteiger partial charge in [0.05, 0.1) is 5.39 Å². The van der Waals surface area contributed by atoms with Gasteiger partial charge in [-0.15, -0.1) is 0 Å². The summed E-state index contributed by atoms with van der Waals surface area (Å²) in [6.45, 7) is 0.339. The molecule has 0 radical (unpaired) electrons. The zero-order chi connectivity index (χ0) is 16.5. The SMILES string of the molecule is [O-][S+]1N=C(OCc2ccccc2)C=Cc2c1c1ccccc1[s+]2[O-]. The largest absolute Gasteiger partial charge is 0.590 e. The minimum Gasteiger partial charge on any atom is -0.590 e. The molecule has 0 saturated heterocycles. The van der Waals surface area contributed by atoms with Crippen molar-refractivity contribution < 1.29 is 13.8 Å². The van der Waals surface area contributed by atoms with Gasteiger partial charge in [0.15, 0.2) is 4.70 Å². The summed E-state index contributed by atoms with van der Waals surface area (Å²) in [5.41, 5.74) is 0.998. The monoisotopic (exact) mass is 355 g/mol. The average Bonchev–Trinajstić information content (AvgIpc) is 2.79. The quantitative estimate of drug-likeness (QED) is 0.646. The standard InChI is InChI=1S/C18H13NO3S2/c20-23-15-9-5-4-8-14(15)18-16(23)10-11-17(19-24(18)21)22-12-13-6-2-1-3-7-13/h1-11H,12H2. The molecule has 0 saturated carbocycles. The second-order valence-electron chi connectivity index (χ2n) is 5.24. The van der Waals surface area contributed by atoms with Crippen molar-refractivity contribution in [1.29, 1.82) is 0 Å². The Morgan fingerprint density at radius 2 is 1.67 bits per heavy atom. The van der Waals surface area contributed by atoms with E-state index in [0.29, 0.717) is 21.1 Å². The smallest absolute Gasteiger partial charge is 0.263 e. The maximum absolute atomic E-state index is 12.6. The molecule has 4 nitrogen and oxygen atoms in total. The molecular weight excluding hydrogens is 342 g/mol. The summed E-state index contributed by atoms with van der Waals surface area (Å²) in [4.78, 5) is 1.05. The fourth-order valence-corrected chi connectivity index (χ4v) is 5.34. The molecule has 1 aliphatic heterocycles. The van der Waals surface area contributed by atoms with Gasteiger partial charge in [0.2, 0.25) is 4.88 Å². The third-order valence-corrected chi connectivity index (χ3v) is 6.47. The van der Waals surface area contributed by atoms with Crippen molar-refractivity contribution in [3.05, 3.63) is 71.1 Å². The zero-order valence-electron chi connectivity index (χ0n) is 12.5. The van der Waals surface area contributed by atoms with Crippen LogP contribution in [0.5, 0.6) is 0 Å². The van der Waals surface area contributed by atoms with E-state index in [0.717, 1.165) is 10.9 Å². The summed E-state index contributed by atoms with van der Waals surface area (Å²) in [5, 5.41) is 0.738. The first kappa shape index (κ1) is 15.4. The molecule has 0 spiro atoms. The van der Waals surface area contributed by atoms with Crippen LogP contribution in [0.4, 0.5) is 0 Å². The van der Waals surface area contributed by atoms with Crippen LogP contribution >= 0.6 is 10.8 Å². The molecule has 0 amide bonds. The summed E-state index contributed by atoms with van der Waals surface area (Å²) >= 11 is -1.65. The summed E-state index contributed by atoms with van der Waals surface area (Å²) in [6, 6.07) is 17.0. The van der Waals surface area contributed by atoms with Gasteiger partial charge >= 0.3 is 0 Å². The van der Waals surface area contributed by atoms with Crippen molar-refractivity contribution in [2.24, 2.45) is 4.40 Å². The third kappa shape index (κ3) is 2.74. The zero-order valence-corrected chi connectivity index (χ0v) is 14.2. The molecule has 2 aromatic carbocycles. The Morgan fingerprint density at radius 1 is 0.917 bits per heavy atom. The van der Waals surface area contributed by atoms with Gasteiger partial charge in [-0.3, -0.25) is 0 Å². The van der Waals surface area contributed by atoms with Crippen molar-refractivity contribution in [2.75, 3.05) is 0 Å². The van der Waals surface area contributed by atoms with Crippen LogP contribution in [-0.2, 0) is 22.7 Å². The average molecular weight is 355 g/mol. The number of hydrogen-bond donors (Lipinski definition) is 0. The first-order valence-corrected chi connectivity index (χ1v) is 9.60. The Kier molecular flexibility index (Phi) is 4.12. The lowest BCUT2D eigenvalue weighted by Gasteiger charge is -2.05. The number of fused-ring (bicyclic) bond motifs is 3. The maximum atomic E-state index is 12.6. The van der Waals surface area contributed by atoms with E-state index in [1.807, 2.05) is 48.5 Å². The van der Waals surface area contributed by atoms with Crippen molar-refractivity contribution in [1.82, 2.24) is 0 Å². The fraction of sp³-hybridized carbons (Fsp3) is 0.0556. The highest BCUT2D eigenvalue weighted by Crippen LogP contribution is 2.43. The van der Waals surface area contributed by atoms with Gasteiger partial charge < -0.3 is 13.8 Å². The topological polar surface area (TPSA) is 67.7 Å². The van der Waals surface area contributed by atoms with E-state index in [2.05, 4.69) is 4.40 Å². The van der Waals surface area contributed by atoms with Crippen molar-refractivity contribution in [3.8, 4) is 0 Å². The molecule has 0 aliphatic carbocycles. The molecular formula is C18H13NO3S2. The van der Waals surface area contributed by atoms with Gasteiger partial charge in [-0.2, -0.15) is 0 Å². The predicted octanol–water partition coefficient (Wildman–Crippen LogP) is 4.23. The molecule has 0 N–H and O–H groups in total. The highest BCUT2D eigenvalue weighted by Gasteiger charge is 2.32. The van der Waals surface area contributed by atoms with E-state index in [1.165, 1.54) is 0 Å². The van der Waals surface area contributed by atoms with Crippen molar-refractivity contribution in [2.45, 2.75) is 11.5 Å². The van der Waals surface area contributed by atoms with Crippen LogP contribution in [0.1, 0.15) is 10.4 Å². The van der Waals surface area contributed by atoms with Gasteiger partial charge in [-0.1, -0.05) is 42.5 Å². The van der Waals surface area contributed by atoms with Gasteiger partial charge in [-0.05, 0) is 32.8 Å². The molecule has 0 bridgehead atoms. The van der Waals surface area contributed by atoms with Crippen LogP contribution in [0.2, 0.25) is 0 Å². The molecule has 1 aromatic heterocycles. The van der Waals surface area contributed by atoms with Gasteiger partial charge in [0.1, 0.15) is 18.0 Å². The van der Waals surface area contributed by atoms with Crippen LogP contribution in [0.15, 0.2) is 70.0 Å². The molecule has 24 heavy (non-hydrogen) atoms. The molecule has 2 unspecified atom stereocenters. The summed E-state index contributed by atoms with van der Waals surface area (Å²) in [7, 11) is -1.33. The van der Waals surface area contributed by atoms with Crippen molar-refractivity contribution in [3.63, 3.8) is 0 Å². The predicted molar refractivity (Wildman–Crippen MR) is 96.7 cm³/mol. The highest BCUT2D eigenvalue weighted by molar-refractivity contribution is 7.90. The number of ether oxygens (including phenoxy) is 1. The molecule has 6 heteroatoms. The lowest BCUT2D eigenvalue weighted by molar-refractivity contribution is 0.296. The molecule has 3 aromatic rings. The van der Waals surface area contributed by atoms with Crippen LogP contribution in [0.3, 0.4) is 0 Å². The van der Waals surface area contributed by atoms with Crippen LogP contribution in [-0.4, -0.2) is 15.0 Å². The fourth-order valence-electron chi connectivity index (χ4n) is 2.58. The third-order valence-electron chi connectivity index (χ3n) is 3.71. The number of hydrogen-bond acceptors (Lipinski definition) is 4.